The summed E-state index contributed by atoms with van der Waals surface area (Å²) in [6.07, 6.45) is 1.32. The van der Waals surface area contributed by atoms with Gasteiger partial charge in [-0.3, -0.25) is 0 Å². The van der Waals surface area contributed by atoms with Crippen molar-refractivity contribution in [2.75, 3.05) is 13.7 Å². The molecular weight excluding hydrogens is 202 g/mol. The molecule has 0 unspecified atom stereocenters. The van der Waals surface area contributed by atoms with Gasteiger partial charge in [0.25, 0.3) is 0 Å². The average Bonchev–Trinajstić information content (AvgIpc) is 2.25. The molecule has 1 fully saturated rings. The standard InChI is InChI=1S/C13H19NO2/c1-9-3-4-10(5-12(9)16-2)13(8-14)6-11(15)7-13/h3-5,11,15H,6-8,14H2,1-2H3. The highest BCUT2D eigenvalue weighted by Crippen LogP contribution is 2.44. The minimum absolute atomic E-state index is 0.0413. The molecule has 1 aromatic rings. The van der Waals surface area contributed by atoms with E-state index in [1.807, 2.05) is 13.0 Å². The van der Waals surface area contributed by atoms with Crippen LogP contribution in [0.15, 0.2) is 18.2 Å². The Labute approximate surface area is 96.2 Å². The van der Waals surface area contributed by atoms with Crippen molar-refractivity contribution in [1.29, 1.82) is 0 Å². The van der Waals surface area contributed by atoms with Gasteiger partial charge >= 0.3 is 0 Å². The van der Waals surface area contributed by atoms with Crippen molar-refractivity contribution in [2.45, 2.75) is 31.3 Å². The van der Waals surface area contributed by atoms with E-state index < -0.39 is 0 Å². The van der Waals surface area contributed by atoms with Gasteiger partial charge in [-0.15, -0.1) is 0 Å². The maximum Gasteiger partial charge on any atom is 0.122 e. The fourth-order valence-corrected chi connectivity index (χ4v) is 2.51. The molecule has 0 radical (unpaired) electrons. The number of aryl methyl sites for hydroxylation is 1. The largest absolute Gasteiger partial charge is 0.496 e. The van der Waals surface area contributed by atoms with E-state index in [0.717, 1.165) is 24.2 Å². The quantitative estimate of drug-likeness (QED) is 0.810. The molecule has 0 atom stereocenters. The number of rotatable bonds is 3. The molecule has 1 aliphatic carbocycles. The zero-order valence-corrected chi connectivity index (χ0v) is 9.86. The second-order valence-corrected chi connectivity index (χ2v) is 4.73. The van der Waals surface area contributed by atoms with Crippen LogP contribution in [0.5, 0.6) is 5.75 Å². The molecule has 1 aromatic carbocycles. The van der Waals surface area contributed by atoms with E-state index in [2.05, 4.69) is 12.1 Å². The van der Waals surface area contributed by atoms with E-state index in [9.17, 15) is 5.11 Å². The van der Waals surface area contributed by atoms with Crippen LogP contribution < -0.4 is 10.5 Å². The number of hydrogen-bond acceptors (Lipinski definition) is 3. The van der Waals surface area contributed by atoms with Gasteiger partial charge in [-0.25, -0.2) is 0 Å². The van der Waals surface area contributed by atoms with Crippen LogP contribution in [0, 0.1) is 6.92 Å². The van der Waals surface area contributed by atoms with Gasteiger partial charge in [0, 0.05) is 12.0 Å². The second-order valence-electron chi connectivity index (χ2n) is 4.73. The monoisotopic (exact) mass is 221 g/mol. The van der Waals surface area contributed by atoms with Gasteiger partial charge in [-0.05, 0) is 37.0 Å². The molecule has 3 nitrogen and oxygen atoms in total. The Bertz CT molecular complexity index is 384. The zero-order chi connectivity index (χ0) is 11.8. The molecule has 0 saturated heterocycles. The lowest BCUT2D eigenvalue weighted by atomic mass is 9.62. The molecule has 3 heteroatoms. The van der Waals surface area contributed by atoms with Crippen LogP contribution in [-0.4, -0.2) is 24.9 Å². The van der Waals surface area contributed by atoms with Crippen molar-refractivity contribution in [1.82, 2.24) is 0 Å². The van der Waals surface area contributed by atoms with Gasteiger partial charge in [-0.2, -0.15) is 0 Å². The summed E-state index contributed by atoms with van der Waals surface area (Å²) in [5.41, 5.74) is 8.11. The minimum atomic E-state index is -0.198. The van der Waals surface area contributed by atoms with Gasteiger partial charge in [0.2, 0.25) is 0 Å². The average molecular weight is 221 g/mol. The Morgan fingerprint density at radius 1 is 1.50 bits per heavy atom. The van der Waals surface area contributed by atoms with Crippen molar-refractivity contribution in [3.63, 3.8) is 0 Å². The topological polar surface area (TPSA) is 55.5 Å². The zero-order valence-electron chi connectivity index (χ0n) is 9.86. The Kier molecular flexibility index (Phi) is 2.91. The van der Waals surface area contributed by atoms with Crippen LogP contribution in [0.3, 0.4) is 0 Å². The summed E-state index contributed by atoms with van der Waals surface area (Å²) in [6, 6.07) is 6.20. The summed E-state index contributed by atoms with van der Waals surface area (Å²) in [6.45, 7) is 2.60. The summed E-state index contributed by atoms with van der Waals surface area (Å²) in [4.78, 5) is 0. The highest BCUT2D eigenvalue weighted by molar-refractivity contribution is 5.41. The molecule has 1 saturated carbocycles. The maximum atomic E-state index is 9.47. The third-order valence-corrected chi connectivity index (χ3v) is 3.66. The Morgan fingerprint density at radius 3 is 2.69 bits per heavy atom. The van der Waals surface area contributed by atoms with Crippen LogP contribution >= 0.6 is 0 Å². The SMILES string of the molecule is COc1cc(C2(CN)CC(O)C2)ccc1C. The van der Waals surface area contributed by atoms with E-state index in [1.165, 1.54) is 5.56 Å². The first kappa shape index (κ1) is 11.4. The molecule has 0 amide bonds. The van der Waals surface area contributed by atoms with Crippen LogP contribution in [0.4, 0.5) is 0 Å². The molecule has 0 heterocycles. The predicted molar refractivity (Wildman–Crippen MR) is 63.7 cm³/mol. The van der Waals surface area contributed by atoms with E-state index >= 15 is 0 Å². The Balaban J connectivity index is 2.33. The molecule has 0 aliphatic heterocycles. The number of ether oxygens (including phenoxy) is 1. The number of methoxy groups -OCH3 is 1. The third-order valence-electron chi connectivity index (χ3n) is 3.66. The third kappa shape index (κ3) is 1.70. The lowest BCUT2D eigenvalue weighted by Crippen LogP contribution is -2.49. The van der Waals surface area contributed by atoms with E-state index in [0.29, 0.717) is 6.54 Å². The summed E-state index contributed by atoms with van der Waals surface area (Å²) in [7, 11) is 1.68. The molecule has 0 spiro atoms. The second kappa shape index (κ2) is 4.07. The number of benzene rings is 1. The van der Waals surface area contributed by atoms with E-state index in [4.69, 9.17) is 10.5 Å². The van der Waals surface area contributed by atoms with Gasteiger partial charge < -0.3 is 15.6 Å². The van der Waals surface area contributed by atoms with E-state index in [-0.39, 0.29) is 11.5 Å². The highest BCUT2D eigenvalue weighted by atomic mass is 16.5. The summed E-state index contributed by atoms with van der Waals surface area (Å²) >= 11 is 0. The Morgan fingerprint density at radius 2 is 2.19 bits per heavy atom. The van der Waals surface area contributed by atoms with Crippen molar-refractivity contribution in [3.8, 4) is 5.75 Å². The first-order valence-electron chi connectivity index (χ1n) is 5.64. The molecule has 3 N–H and O–H groups in total. The van der Waals surface area contributed by atoms with E-state index in [1.54, 1.807) is 7.11 Å². The molecular formula is C13H19NO2. The van der Waals surface area contributed by atoms with Crippen molar-refractivity contribution < 1.29 is 9.84 Å². The summed E-state index contributed by atoms with van der Waals surface area (Å²) in [5.74, 6) is 0.895. The lowest BCUT2D eigenvalue weighted by Gasteiger charge is -2.45. The fraction of sp³-hybridized carbons (Fsp3) is 0.538. The maximum absolute atomic E-state index is 9.47. The number of aliphatic hydroxyl groups is 1. The molecule has 88 valence electrons. The van der Waals surface area contributed by atoms with Crippen LogP contribution in [0.25, 0.3) is 0 Å². The summed E-state index contributed by atoms with van der Waals surface area (Å²) < 4.78 is 5.32. The van der Waals surface area contributed by atoms with Gasteiger partial charge in [0.1, 0.15) is 5.75 Å². The first-order valence-corrected chi connectivity index (χ1v) is 5.64. The van der Waals surface area contributed by atoms with Gasteiger partial charge in [0.05, 0.1) is 13.2 Å². The molecule has 0 bridgehead atoms. The van der Waals surface area contributed by atoms with Crippen LogP contribution in [0.2, 0.25) is 0 Å². The summed E-state index contributed by atoms with van der Waals surface area (Å²) in [5, 5.41) is 9.47. The van der Waals surface area contributed by atoms with Crippen molar-refractivity contribution in [3.05, 3.63) is 29.3 Å². The number of hydrogen-bond donors (Lipinski definition) is 2. The van der Waals surface area contributed by atoms with Crippen molar-refractivity contribution in [2.24, 2.45) is 5.73 Å². The normalized spacial score (nSPS) is 28.6. The van der Waals surface area contributed by atoms with Gasteiger partial charge in [0.15, 0.2) is 0 Å². The molecule has 16 heavy (non-hydrogen) atoms. The fourth-order valence-electron chi connectivity index (χ4n) is 2.51. The van der Waals surface area contributed by atoms with Crippen molar-refractivity contribution >= 4 is 0 Å². The lowest BCUT2D eigenvalue weighted by molar-refractivity contribution is 0.0220. The van der Waals surface area contributed by atoms with Crippen LogP contribution in [0.1, 0.15) is 24.0 Å². The molecule has 2 rings (SSSR count). The predicted octanol–water partition coefficient (Wildman–Crippen LogP) is 1.35. The Hall–Kier alpha value is -1.06. The first-order chi connectivity index (χ1) is 7.61. The molecule has 0 aromatic heterocycles. The highest BCUT2D eigenvalue weighted by Gasteiger charge is 2.43. The smallest absolute Gasteiger partial charge is 0.122 e. The number of nitrogens with two attached hydrogens (primary N) is 1. The number of aliphatic hydroxyl groups excluding tert-OH is 1. The van der Waals surface area contributed by atoms with Crippen LogP contribution in [-0.2, 0) is 5.41 Å². The minimum Gasteiger partial charge on any atom is -0.496 e. The van der Waals surface area contributed by atoms with Gasteiger partial charge in [-0.1, -0.05) is 12.1 Å². The molecule has 1 aliphatic rings.